The second-order valence-electron chi connectivity index (χ2n) is 6.28. The number of benzene rings is 1. The molecule has 2 aromatic rings. The molecule has 1 aliphatic carbocycles. The molecule has 1 amide bonds. The summed E-state index contributed by atoms with van der Waals surface area (Å²) < 4.78 is 1.74. The summed E-state index contributed by atoms with van der Waals surface area (Å²) in [6.45, 7) is 0.0993. The van der Waals surface area contributed by atoms with Gasteiger partial charge in [0.25, 0.3) is 5.91 Å². The van der Waals surface area contributed by atoms with Gasteiger partial charge in [-0.25, -0.2) is 0 Å². The average molecular weight is 327 g/mol. The number of hydrogen-bond donors (Lipinski definition) is 2. The van der Waals surface area contributed by atoms with E-state index in [4.69, 9.17) is 0 Å². The molecule has 1 aliphatic rings. The molecule has 0 radical (unpaired) electrons. The van der Waals surface area contributed by atoms with Gasteiger partial charge in [-0.3, -0.25) is 14.3 Å². The number of aryl methyl sites for hydroxylation is 1. The van der Waals surface area contributed by atoms with Crippen molar-refractivity contribution in [3.8, 4) is 0 Å². The van der Waals surface area contributed by atoms with Gasteiger partial charge >= 0.3 is 5.97 Å². The van der Waals surface area contributed by atoms with Crippen molar-refractivity contribution in [2.45, 2.75) is 25.2 Å². The SMILES string of the molecule is Cn1ncc(C(=O)NCC(Cc2ccccc2)C(=O)O)c1C1CC1. The highest BCUT2D eigenvalue weighted by atomic mass is 16.4. The molecule has 3 rings (SSSR count). The highest BCUT2D eigenvalue weighted by molar-refractivity contribution is 5.95. The zero-order chi connectivity index (χ0) is 17.1. The van der Waals surface area contributed by atoms with E-state index in [1.807, 2.05) is 37.4 Å². The molecule has 1 saturated carbocycles. The summed E-state index contributed by atoms with van der Waals surface area (Å²) in [4.78, 5) is 23.9. The van der Waals surface area contributed by atoms with Crippen LogP contribution >= 0.6 is 0 Å². The van der Waals surface area contributed by atoms with Gasteiger partial charge in [-0.05, 0) is 24.8 Å². The van der Waals surface area contributed by atoms with Gasteiger partial charge in [0.1, 0.15) is 0 Å². The maximum Gasteiger partial charge on any atom is 0.308 e. The van der Waals surface area contributed by atoms with E-state index in [0.717, 1.165) is 24.1 Å². The van der Waals surface area contributed by atoms with Crippen LogP contribution in [0.25, 0.3) is 0 Å². The maximum atomic E-state index is 12.4. The zero-order valence-corrected chi connectivity index (χ0v) is 13.6. The number of aliphatic carboxylic acids is 1. The number of carboxylic acid groups (broad SMARTS) is 1. The van der Waals surface area contributed by atoms with Crippen LogP contribution in [0.5, 0.6) is 0 Å². The minimum absolute atomic E-state index is 0.0993. The lowest BCUT2D eigenvalue weighted by molar-refractivity contribution is -0.141. The van der Waals surface area contributed by atoms with Crippen molar-refractivity contribution in [2.24, 2.45) is 13.0 Å². The Morgan fingerprint density at radius 1 is 1.33 bits per heavy atom. The predicted molar refractivity (Wildman–Crippen MR) is 88.8 cm³/mol. The molecule has 1 heterocycles. The fraction of sp³-hybridized carbons (Fsp3) is 0.389. The van der Waals surface area contributed by atoms with E-state index in [1.54, 1.807) is 10.9 Å². The molecular formula is C18H21N3O3. The van der Waals surface area contributed by atoms with Crippen LogP contribution in [-0.4, -0.2) is 33.3 Å². The van der Waals surface area contributed by atoms with Crippen LogP contribution in [-0.2, 0) is 18.3 Å². The molecule has 1 unspecified atom stereocenters. The number of carbonyl (C=O) groups is 2. The van der Waals surface area contributed by atoms with Gasteiger partial charge in [-0.15, -0.1) is 0 Å². The molecule has 0 aliphatic heterocycles. The third kappa shape index (κ3) is 3.64. The summed E-state index contributed by atoms with van der Waals surface area (Å²) in [6, 6.07) is 9.44. The summed E-state index contributed by atoms with van der Waals surface area (Å²) in [6.07, 6.45) is 4.10. The van der Waals surface area contributed by atoms with Crippen LogP contribution in [0.15, 0.2) is 36.5 Å². The number of hydrogen-bond acceptors (Lipinski definition) is 3. The van der Waals surface area contributed by atoms with E-state index in [0.29, 0.717) is 17.9 Å². The summed E-state index contributed by atoms with van der Waals surface area (Å²) in [5.41, 5.74) is 2.45. The number of rotatable bonds is 7. The molecular weight excluding hydrogens is 306 g/mol. The third-order valence-electron chi connectivity index (χ3n) is 4.38. The quantitative estimate of drug-likeness (QED) is 0.814. The lowest BCUT2D eigenvalue weighted by Crippen LogP contribution is -2.34. The Hall–Kier alpha value is -2.63. The molecule has 1 fully saturated rings. The minimum atomic E-state index is -0.909. The number of aromatic nitrogens is 2. The third-order valence-corrected chi connectivity index (χ3v) is 4.38. The molecule has 6 nitrogen and oxygen atoms in total. The molecule has 1 aromatic carbocycles. The van der Waals surface area contributed by atoms with Crippen LogP contribution in [0.2, 0.25) is 0 Å². The van der Waals surface area contributed by atoms with Crippen molar-refractivity contribution in [1.29, 1.82) is 0 Å². The highest BCUT2D eigenvalue weighted by Crippen LogP contribution is 2.41. The van der Waals surface area contributed by atoms with Crippen LogP contribution in [0.1, 0.15) is 40.4 Å². The maximum absolute atomic E-state index is 12.4. The molecule has 126 valence electrons. The van der Waals surface area contributed by atoms with E-state index >= 15 is 0 Å². The second-order valence-corrected chi connectivity index (χ2v) is 6.28. The number of amides is 1. The summed E-state index contributed by atoms with van der Waals surface area (Å²) in [5, 5.41) is 16.3. The van der Waals surface area contributed by atoms with Crippen molar-refractivity contribution < 1.29 is 14.7 Å². The van der Waals surface area contributed by atoms with Gasteiger partial charge in [0, 0.05) is 19.5 Å². The largest absolute Gasteiger partial charge is 0.481 e. The first-order valence-corrected chi connectivity index (χ1v) is 8.13. The lowest BCUT2D eigenvalue weighted by atomic mass is 9.99. The van der Waals surface area contributed by atoms with Crippen LogP contribution in [0.4, 0.5) is 0 Å². The smallest absolute Gasteiger partial charge is 0.308 e. The molecule has 0 bridgehead atoms. The summed E-state index contributed by atoms with van der Waals surface area (Å²) >= 11 is 0. The molecule has 0 spiro atoms. The van der Waals surface area contributed by atoms with E-state index < -0.39 is 11.9 Å². The van der Waals surface area contributed by atoms with E-state index in [9.17, 15) is 14.7 Å². The Balaban J connectivity index is 1.64. The highest BCUT2D eigenvalue weighted by Gasteiger charge is 2.31. The van der Waals surface area contributed by atoms with Crippen molar-refractivity contribution >= 4 is 11.9 Å². The van der Waals surface area contributed by atoms with Gasteiger partial charge in [0.15, 0.2) is 0 Å². The normalized spacial score (nSPS) is 15.0. The molecule has 0 saturated heterocycles. The number of nitrogens with zero attached hydrogens (tertiary/aromatic N) is 2. The fourth-order valence-electron chi connectivity index (χ4n) is 2.92. The van der Waals surface area contributed by atoms with Crippen LogP contribution < -0.4 is 5.32 Å². The Labute approximate surface area is 140 Å². The minimum Gasteiger partial charge on any atom is -0.481 e. The van der Waals surface area contributed by atoms with E-state index in [1.165, 1.54) is 0 Å². The molecule has 1 atom stereocenters. The van der Waals surface area contributed by atoms with Crippen molar-refractivity contribution in [3.63, 3.8) is 0 Å². The average Bonchev–Trinajstić information content (AvgIpc) is 3.33. The number of carboxylic acids is 1. The zero-order valence-electron chi connectivity index (χ0n) is 13.6. The van der Waals surface area contributed by atoms with Gasteiger partial charge in [-0.2, -0.15) is 5.10 Å². The standard InChI is InChI=1S/C18H21N3O3/c1-21-16(13-7-8-13)15(11-20-21)17(22)19-10-14(18(23)24)9-12-5-3-2-4-6-12/h2-6,11,13-14H,7-10H2,1H3,(H,19,22)(H,23,24). The Bertz CT molecular complexity index is 735. The lowest BCUT2D eigenvalue weighted by Gasteiger charge is -2.14. The van der Waals surface area contributed by atoms with E-state index in [2.05, 4.69) is 10.4 Å². The Kier molecular flexibility index (Phi) is 4.64. The van der Waals surface area contributed by atoms with Gasteiger partial charge in [0.05, 0.1) is 23.4 Å². The second kappa shape index (κ2) is 6.86. The molecule has 2 N–H and O–H groups in total. The first-order valence-electron chi connectivity index (χ1n) is 8.13. The van der Waals surface area contributed by atoms with Crippen molar-refractivity contribution in [3.05, 3.63) is 53.3 Å². The van der Waals surface area contributed by atoms with E-state index in [-0.39, 0.29) is 12.5 Å². The first-order chi connectivity index (χ1) is 11.6. The Morgan fingerprint density at radius 2 is 2.04 bits per heavy atom. The van der Waals surface area contributed by atoms with Crippen molar-refractivity contribution in [1.82, 2.24) is 15.1 Å². The van der Waals surface area contributed by atoms with Gasteiger partial charge in [-0.1, -0.05) is 30.3 Å². The Morgan fingerprint density at radius 3 is 2.67 bits per heavy atom. The predicted octanol–water partition coefficient (Wildman–Crippen LogP) is 1.97. The monoisotopic (exact) mass is 327 g/mol. The molecule has 24 heavy (non-hydrogen) atoms. The first kappa shape index (κ1) is 16.2. The van der Waals surface area contributed by atoms with Gasteiger partial charge in [0.2, 0.25) is 0 Å². The molecule has 6 heteroatoms. The van der Waals surface area contributed by atoms with Crippen LogP contribution in [0.3, 0.4) is 0 Å². The fourth-order valence-corrected chi connectivity index (χ4v) is 2.92. The summed E-state index contributed by atoms with van der Waals surface area (Å²) in [7, 11) is 1.83. The van der Waals surface area contributed by atoms with Crippen LogP contribution in [0, 0.1) is 5.92 Å². The summed E-state index contributed by atoms with van der Waals surface area (Å²) in [5.74, 6) is -1.41. The number of nitrogens with one attached hydrogen (secondary N) is 1. The number of carbonyl (C=O) groups excluding carboxylic acids is 1. The van der Waals surface area contributed by atoms with Crippen molar-refractivity contribution in [2.75, 3.05) is 6.54 Å². The van der Waals surface area contributed by atoms with Gasteiger partial charge < -0.3 is 10.4 Å². The topological polar surface area (TPSA) is 84.2 Å². The molecule has 1 aromatic heterocycles.